The van der Waals surface area contributed by atoms with Gasteiger partial charge in [-0.3, -0.25) is 0 Å². The highest BCUT2D eigenvalue weighted by Crippen LogP contribution is 2.33. The van der Waals surface area contributed by atoms with Gasteiger partial charge in [-0.15, -0.1) is 0 Å². The molecule has 21 heavy (non-hydrogen) atoms. The molecule has 2 aromatic rings. The molecule has 0 heterocycles. The molecule has 110 valence electrons. The number of methoxy groups -OCH3 is 1. The first-order valence-electron chi connectivity index (χ1n) is 6.94. The fourth-order valence-electron chi connectivity index (χ4n) is 2.65. The van der Waals surface area contributed by atoms with E-state index in [0.717, 1.165) is 24.0 Å². The van der Waals surface area contributed by atoms with Crippen molar-refractivity contribution in [2.75, 3.05) is 7.11 Å². The number of ether oxygens (including phenoxy) is 2. The van der Waals surface area contributed by atoms with Crippen LogP contribution in [0.3, 0.4) is 0 Å². The monoisotopic (exact) mass is 288 g/mol. The third-order valence-electron chi connectivity index (χ3n) is 3.82. The molecule has 1 aliphatic rings. The molecule has 0 aliphatic heterocycles. The first-order chi connectivity index (χ1) is 10.2. The predicted molar refractivity (Wildman–Crippen MR) is 77.0 cm³/mol. The molecule has 0 radical (unpaired) electrons. The Hall–Kier alpha value is -2.07. The quantitative estimate of drug-likeness (QED) is 0.937. The number of aryl methyl sites for hydroxylation is 1. The predicted octanol–water partition coefficient (Wildman–Crippen LogP) is 3.39. The Morgan fingerprint density at radius 1 is 1.29 bits per heavy atom. The molecule has 1 aliphatic carbocycles. The molecule has 0 bridgehead atoms. The molecule has 0 saturated heterocycles. The highest BCUT2D eigenvalue weighted by molar-refractivity contribution is 5.40. The van der Waals surface area contributed by atoms with Crippen LogP contribution in [0.4, 0.5) is 4.39 Å². The SMILES string of the molecule is COc1cccc(COc2ccc3c(c2)CC[C@H]3O)c1F. The van der Waals surface area contributed by atoms with Gasteiger partial charge in [-0.1, -0.05) is 18.2 Å². The van der Waals surface area contributed by atoms with Crippen molar-refractivity contribution in [3.8, 4) is 11.5 Å². The first-order valence-corrected chi connectivity index (χ1v) is 6.94. The Labute approximate surface area is 122 Å². The zero-order valence-electron chi connectivity index (χ0n) is 11.8. The lowest BCUT2D eigenvalue weighted by Gasteiger charge is -2.11. The van der Waals surface area contributed by atoms with Gasteiger partial charge in [0.15, 0.2) is 11.6 Å². The molecule has 1 atom stereocenters. The van der Waals surface area contributed by atoms with E-state index in [1.807, 2.05) is 18.2 Å². The maximum atomic E-state index is 14.0. The second kappa shape index (κ2) is 5.74. The molecule has 0 aromatic heterocycles. The third-order valence-corrected chi connectivity index (χ3v) is 3.82. The van der Waals surface area contributed by atoms with Crippen molar-refractivity contribution in [3.63, 3.8) is 0 Å². The fraction of sp³-hybridized carbons (Fsp3) is 0.294. The zero-order chi connectivity index (χ0) is 14.8. The van der Waals surface area contributed by atoms with Crippen LogP contribution in [-0.4, -0.2) is 12.2 Å². The van der Waals surface area contributed by atoms with Gasteiger partial charge in [0.2, 0.25) is 0 Å². The van der Waals surface area contributed by atoms with E-state index in [0.29, 0.717) is 11.3 Å². The maximum Gasteiger partial charge on any atom is 0.171 e. The van der Waals surface area contributed by atoms with Crippen LogP contribution >= 0.6 is 0 Å². The third kappa shape index (κ3) is 2.72. The first kappa shape index (κ1) is 13.9. The molecule has 0 unspecified atom stereocenters. The van der Waals surface area contributed by atoms with Gasteiger partial charge in [0.1, 0.15) is 12.4 Å². The number of rotatable bonds is 4. The van der Waals surface area contributed by atoms with Gasteiger partial charge in [-0.05, 0) is 42.2 Å². The van der Waals surface area contributed by atoms with Crippen molar-refractivity contribution in [3.05, 3.63) is 58.9 Å². The number of aliphatic hydroxyl groups is 1. The van der Waals surface area contributed by atoms with Crippen molar-refractivity contribution in [2.24, 2.45) is 0 Å². The summed E-state index contributed by atoms with van der Waals surface area (Å²) in [5.41, 5.74) is 2.52. The summed E-state index contributed by atoms with van der Waals surface area (Å²) in [5, 5.41) is 9.77. The van der Waals surface area contributed by atoms with Gasteiger partial charge in [-0.2, -0.15) is 0 Å². The van der Waals surface area contributed by atoms with Crippen molar-refractivity contribution in [1.29, 1.82) is 0 Å². The molecular formula is C17H17FO3. The second-order valence-electron chi connectivity index (χ2n) is 5.14. The van der Waals surface area contributed by atoms with E-state index < -0.39 is 5.82 Å². The maximum absolute atomic E-state index is 14.0. The van der Waals surface area contributed by atoms with Crippen LogP contribution in [0.5, 0.6) is 11.5 Å². The number of hydrogen-bond donors (Lipinski definition) is 1. The summed E-state index contributed by atoms with van der Waals surface area (Å²) in [5.74, 6) is 0.509. The van der Waals surface area contributed by atoms with Crippen molar-refractivity contribution in [2.45, 2.75) is 25.6 Å². The molecule has 0 spiro atoms. The Bertz CT molecular complexity index is 654. The van der Waals surface area contributed by atoms with Crippen LogP contribution in [0.25, 0.3) is 0 Å². The Morgan fingerprint density at radius 2 is 2.14 bits per heavy atom. The minimum atomic E-state index is -0.392. The lowest BCUT2D eigenvalue weighted by Crippen LogP contribution is -2.01. The van der Waals surface area contributed by atoms with Gasteiger partial charge in [-0.25, -0.2) is 4.39 Å². The van der Waals surface area contributed by atoms with Crippen LogP contribution in [0, 0.1) is 5.82 Å². The van der Waals surface area contributed by atoms with Crippen LogP contribution in [0.2, 0.25) is 0 Å². The molecule has 1 N–H and O–H groups in total. The minimum Gasteiger partial charge on any atom is -0.494 e. The van der Waals surface area contributed by atoms with Crippen LogP contribution in [0.1, 0.15) is 29.2 Å². The molecule has 0 saturated carbocycles. The molecule has 3 nitrogen and oxygen atoms in total. The fourth-order valence-corrected chi connectivity index (χ4v) is 2.65. The number of benzene rings is 2. The summed E-state index contributed by atoms with van der Waals surface area (Å²) < 4.78 is 24.6. The number of hydrogen-bond acceptors (Lipinski definition) is 3. The number of fused-ring (bicyclic) bond motifs is 1. The summed E-state index contributed by atoms with van der Waals surface area (Å²) in [6.45, 7) is 0.143. The smallest absolute Gasteiger partial charge is 0.171 e. The highest BCUT2D eigenvalue weighted by atomic mass is 19.1. The molecular weight excluding hydrogens is 271 g/mol. The zero-order valence-corrected chi connectivity index (χ0v) is 11.8. The Balaban J connectivity index is 1.74. The van der Waals surface area contributed by atoms with Crippen molar-refractivity contribution >= 4 is 0 Å². The van der Waals surface area contributed by atoms with E-state index in [4.69, 9.17) is 9.47 Å². The Kier molecular flexibility index (Phi) is 3.80. The van der Waals surface area contributed by atoms with Gasteiger partial charge in [0.05, 0.1) is 13.2 Å². The van der Waals surface area contributed by atoms with E-state index in [2.05, 4.69) is 0 Å². The van der Waals surface area contributed by atoms with E-state index in [-0.39, 0.29) is 18.5 Å². The summed E-state index contributed by atoms with van der Waals surface area (Å²) in [7, 11) is 1.44. The Morgan fingerprint density at radius 3 is 2.95 bits per heavy atom. The highest BCUT2D eigenvalue weighted by Gasteiger charge is 2.20. The van der Waals surface area contributed by atoms with Crippen LogP contribution < -0.4 is 9.47 Å². The standard InChI is InChI=1S/C17H17FO3/c1-20-16-4-2-3-12(17(16)18)10-21-13-6-7-14-11(9-13)5-8-15(14)19/h2-4,6-7,9,15,19H,5,8,10H2,1H3/t15-/m1/s1. The van der Waals surface area contributed by atoms with Crippen LogP contribution in [-0.2, 0) is 13.0 Å². The molecule has 2 aromatic carbocycles. The van der Waals surface area contributed by atoms with Crippen molar-refractivity contribution in [1.82, 2.24) is 0 Å². The number of aliphatic hydroxyl groups excluding tert-OH is 1. The largest absolute Gasteiger partial charge is 0.494 e. The molecule has 0 amide bonds. The average Bonchev–Trinajstić information content (AvgIpc) is 2.87. The second-order valence-corrected chi connectivity index (χ2v) is 5.14. The van der Waals surface area contributed by atoms with Gasteiger partial charge < -0.3 is 14.6 Å². The van der Waals surface area contributed by atoms with Gasteiger partial charge in [0, 0.05) is 5.56 Å². The van der Waals surface area contributed by atoms with Crippen LogP contribution in [0.15, 0.2) is 36.4 Å². The lowest BCUT2D eigenvalue weighted by molar-refractivity contribution is 0.180. The molecule has 4 heteroatoms. The van der Waals surface area contributed by atoms with Gasteiger partial charge >= 0.3 is 0 Å². The van der Waals surface area contributed by atoms with E-state index in [1.165, 1.54) is 7.11 Å². The molecule has 0 fully saturated rings. The van der Waals surface area contributed by atoms with E-state index in [9.17, 15) is 9.50 Å². The van der Waals surface area contributed by atoms with E-state index in [1.54, 1.807) is 18.2 Å². The lowest BCUT2D eigenvalue weighted by atomic mass is 10.1. The summed E-state index contributed by atoms with van der Waals surface area (Å²) in [6.07, 6.45) is 1.23. The molecule has 3 rings (SSSR count). The van der Waals surface area contributed by atoms with Crippen molar-refractivity contribution < 1.29 is 19.0 Å². The topological polar surface area (TPSA) is 38.7 Å². The van der Waals surface area contributed by atoms with E-state index >= 15 is 0 Å². The average molecular weight is 288 g/mol. The number of halogens is 1. The summed E-state index contributed by atoms with van der Waals surface area (Å²) in [6, 6.07) is 10.6. The summed E-state index contributed by atoms with van der Waals surface area (Å²) in [4.78, 5) is 0. The minimum absolute atomic E-state index is 0.143. The van der Waals surface area contributed by atoms with Gasteiger partial charge in [0.25, 0.3) is 0 Å². The summed E-state index contributed by atoms with van der Waals surface area (Å²) >= 11 is 0. The normalized spacial score (nSPS) is 16.6.